The molecule has 0 radical (unpaired) electrons. The first-order valence-electron chi connectivity index (χ1n) is 9.10. The molecule has 0 bridgehead atoms. The van der Waals surface area contributed by atoms with Gasteiger partial charge in [-0.25, -0.2) is 9.37 Å². The Bertz CT molecular complexity index is 1180. The van der Waals surface area contributed by atoms with Gasteiger partial charge < -0.3 is 13.6 Å². The summed E-state index contributed by atoms with van der Waals surface area (Å²) in [5.74, 6) is 0.00750. The normalized spacial score (nSPS) is 10.8. The number of carbonyl (C=O) groups excluding carboxylic acids is 1. The number of benzene rings is 1. The number of oxazole rings is 2. The fourth-order valence-corrected chi connectivity index (χ4v) is 2.75. The van der Waals surface area contributed by atoms with E-state index in [1.54, 1.807) is 25.4 Å². The molecule has 3 aromatic heterocycles. The molecule has 0 aliphatic carbocycles. The predicted molar refractivity (Wildman–Crippen MR) is 106 cm³/mol. The molecule has 3 heterocycles. The van der Waals surface area contributed by atoms with Crippen molar-refractivity contribution < 1.29 is 22.8 Å². The molecule has 1 aromatic carbocycles. The van der Waals surface area contributed by atoms with Crippen LogP contribution in [0.15, 0.2) is 57.7 Å². The molecule has 152 valence electrons. The fraction of sp³-hybridized carbons (Fsp3) is 0.143. The molecule has 0 atom stereocenters. The smallest absolute Gasteiger partial charge is 0.302 e. The SMILES string of the molecule is CCc1nc(-c2ccc(F)cc2)c(C(=O)Nc2nc(-c3cc(OC)ccn3)co2)o1. The molecular formula is C21H17FN4O4. The zero-order valence-electron chi connectivity index (χ0n) is 16.2. The van der Waals surface area contributed by atoms with E-state index < -0.39 is 5.91 Å². The number of aryl methyl sites for hydroxylation is 1. The Morgan fingerprint density at radius 1 is 1.17 bits per heavy atom. The lowest BCUT2D eigenvalue weighted by Crippen LogP contribution is -2.12. The van der Waals surface area contributed by atoms with Gasteiger partial charge in [-0.3, -0.25) is 15.1 Å². The number of anilines is 1. The molecule has 0 unspecified atom stereocenters. The molecule has 0 spiro atoms. The lowest BCUT2D eigenvalue weighted by Gasteiger charge is -2.01. The van der Waals surface area contributed by atoms with E-state index in [0.29, 0.717) is 40.7 Å². The van der Waals surface area contributed by atoms with Crippen LogP contribution in [-0.4, -0.2) is 28.0 Å². The van der Waals surface area contributed by atoms with E-state index in [-0.39, 0.29) is 17.6 Å². The predicted octanol–water partition coefficient (Wildman–Crippen LogP) is 4.35. The van der Waals surface area contributed by atoms with E-state index in [1.165, 1.54) is 30.5 Å². The van der Waals surface area contributed by atoms with Gasteiger partial charge in [0.25, 0.3) is 5.91 Å². The van der Waals surface area contributed by atoms with Gasteiger partial charge in [-0.1, -0.05) is 6.92 Å². The Balaban J connectivity index is 1.59. The minimum Gasteiger partial charge on any atom is -0.497 e. The van der Waals surface area contributed by atoms with Crippen molar-refractivity contribution in [1.29, 1.82) is 0 Å². The molecule has 0 saturated carbocycles. The Labute approximate surface area is 170 Å². The highest BCUT2D eigenvalue weighted by Crippen LogP contribution is 2.27. The minimum atomic E-state index is -0.589. The largest absolute Gasteiger partial charge is 0.497 e. The van der Waals surface area contributed by atoms with Crippen molar-refractivity contribution in [3.8, 4) is 28.4 Å². The molecule has 1 N–H and O–H groups in total. The van der Waals surface area contributed by atoms with Crippen LogP contribution in [0, 0.1) is 5.82 Å². The number of ether oxygens (including phenoxy) is 1. The van der Waals surface area contributed by atoms with E-state index in [4.69, 9.17) is 13.6 Å². The van der Waals surface area contributed by atoms with E-state index in [0.717, 1.165) is 0 Å². The standard InChI is InChI=1S/C21H17FN4O4/c1-3-17-25-18(12-4-6-13(22)7-5-12)19(30-17)20(27)26-21-24-16(11-29-21)15-10-14(28-2)8-9-23-15/h4-11H,3H2,1-2H3,(H,24,26,27). The lowest BCUT2D eigenvalue weighted by molar-refractivity contribution is 0.0993. The first-order chi connectivity index (χ1) is 14.6. The maximum Gasteiger partial charge on any atom is 0.302 e. The quantitative estimate of drug-likeness (QED) is 0.506. The number of pyridine rings is 1. The van der Waals surface area contributed by atoms with Crippen LogP contribution in [0.5, 0.6) is 5.75 Å². The number of halogens is 1. The Kier molecular flexibility index (Phi) is 5.25. The maximum atomic E-state index is 13.3. The highest BCUT2D eigenvalue weighted by molar-refractivity contribution is 6.05. The van der Waals surface area contributed by atoms with Crippen LogP contribution in [0.25, 0.3) is 22.6 Å². The van der Waals surface area contributed by atoms with Crippen molar-refractivity contribution in [3.63, 3.8) is 0 Å². The van der Waals surface area contributed by atoms with Gasteiger partial charge >= 0.3 is 6.01 Å². The van der Waals surface area contributed by atoms with Gasteiger partial charge in [0.2, 0.25) is 5.76 Å². The molecule has 4 rings (SSSR count). The number of carbonyl (C=O) groups is 1. The second-order valence-electron chi connectivity index (χ2n) is 6.22. The van der Waals surface area contributed by atoms with Crippen LogP contribution >= 0.6 is 0 Å². The van der Waals surface area contributed by atoms with Crippen LogP contribution in [0.4, 0.5) is 10.4 Å². The Morgan fingerprint density at radius 2 is 1.97 bits per heavy atom. The molecule has 0 saturated heterocycles. The third kappa shape index (κ3) is 3.90. The van der Waals surface area contributed by atoms with Crippen molar-refractivity contribution in [3.05, 3.63) is 66.3 Å². The van der Waals surface area contributed by atoms with Crippen molar-refractivity contribution in [1.82, 2.24) is 15.0 Å². The summed E-state index contributed by atoms with van der Waals surface area (Å²) >= 11 is 0. The first kappa shape index (κ1) is 19.3. The summed E-state index contributed by atoms with van der Waals surface area (Å²) in [6, 6.07) is 9.01. The van der Waals surface area contributed by atoms with E-state index >= 15 is 0 Å². The van der Waals surface area contributed by atoms with Crippen molar-refractivity contribution in [2.75, 3.05) is 12.4 Å². The summed E-state index contributed by atoms with van der Waals surface area (Å²) in [5, 5.41) is 2.55. The summed E-state index contributed by atoms with van der Waals surface area (Å²) in [6.07, 6.45) is 3.44. The first-order valence-corrected chi connectivity index (χ1v) is 9.10. The maximum absolute atomic E-state index is 13.3. The number of hydrogen-bond donors (Lipinski definition) is 1. The highest BCUT2D eigenvalue weighted by atomic mass is 19.1. The van der Waals surface area contributed by atoms with Gasteiger partial charge in [0.05, 0.1) is 12.8 Å². The molecule has 30 heavy (non-hydrogen) atoms. The zero-order valence-corrected chi connectivity index (χ0v) is 16.2. The van der Waals surface area contributed by atoms with Crippen LogP contribution < -0.4 is 10.1 Å². The third-order valence-electron chi connectivity index (χ3n) is 4.25. The second kappa shape index (κ2) is 8.16. The molecule has 0 aliphatic rings. The van der Waals surface area contributed by atoms with Crippen molar-refractivity contribution in [2.24, 2.45) is 0 Å². The Morgan fingerprint density at radius 3 is 2.70 bits per heavy atom. The van der Waals surface area contributed by atoms with Gasteiger partial charge in [-0.05, 0) is 30.3 Å². The molecule has 0 aliphatic heterocycles. The summed E-state index contributed by atoms with van der Waals surface area (Å²) in [5.41, 5.74) is 1.82. The number of aromatic nitrogens is 3. The summed E-state index contributed by atoms with van der Waals surface area (Å²) in [7, 11) is 1.55. The topological polar surface area (TPSA) is 103 Å². The van der Waals surface area contributed by atoms with Gasteiger partial charge in [-0.2, -0.15) is 4.98 Å². The van der Waals surface area contributed by atoms with Crippen LogP contribution in [0.3, 0.4) is 0 Å². The summed E-state index contributed by atoms with van der Waals surface area (Å²) in [4.78, 5) is 25.6. The number of rotatable bonds is 6. The number of methoxy groups -OCH3 is 1. The van der Waals surface area contributed by atoms with E-state index in [9.17, 15) is 9.18 Å². The van der Waals surface area contributed by atoms with Crippen molar-refractivity contribution in [2.45, 2.75) is 13.3 Å². The average Bonchev–Trinajstić information content (AvgIpc) is 3.41. The average molecular weight is 408 g/mol. The Hall–Kier alpha value is -4.01. The second-order valence-corrected chi connectivity index (χ2v) is 6.22. The molecule has 0 fully saturated rings. The molecular weight excluding hydrogens is 391 g/mol. The van der Waals surface area contributed by atoms with Crippen LogP contribution in [0.2, 0.25) is 0 Å². The molecule has 8 nitrogen and oxygen atoms in total. The number of nitrogens with one attached hydrogen (secondary N) is 1. The number of hydrogen-bond acceptors (Lipinski definition) is 7. The zero-order chi connectivity index (χ0) is 21.1. The monoisotopic (exact) mass is 408 g/mol. The summed E-state index contributed by atoms with van der Waals surface area (Å²) in [6.45, 7) is 1.85. The fourth-order valence-electron chi connectivity index (χ4n) is 2.75. The van der Waals surface area contributed by atoms with E-state index in [1.807, 2.05) is 6.92 Å². The highest BCUT2D eigenvalue weighted by Gasteiger charge is 2.23. The van der Waals surface area contributed by atoms with Gasteiger partial charge in [0.15, 0.2) is 5.89 Å². The van der Waals surface area contributed by atoms with E-state index in [2.05, 4.69) is 20.3 Å². The number of amides is 1. The van der Waals surface area contributed by atoms with Crippen LogP contribution in [0.1, 0.15) is 23.4 Å². The molecule has 9 heteroatoms. The number of nitrogens with zero attached hydrogens (tertiary/aromatic N) is 3. The lowest BCUT2D eigenvalue weighted by atomic mass is 10.1. The molecule has 4 aromatic rings. The third-order valence-corrected chi connectivity index (χ3v) is 4.25. The van der Waals surface area contributed by atoms with Gasteiger partial charge in [0.1, 0.15) is 29.2 Å². The van der Waals surface area contributed by atoms with Gasteiger partial charge in [0, 0.05) is 24.2 Å². The van der Waals surface area contributed by atoms with Crippen molar-refractivity contribution >= 4 is 11.9 Å². The van der Waals surface area contributed by atoms with Crippen LogP contribution in [-0.2, 0) is 6.42 Å². The summed E-state index contributed by atoms with van der Waals surface area (Å²) < 4.78 is 29.4. The minimum absolute atomic E-state index is 0.0160. The van der Waals surface area contributed by atoms with Gasteiger partial charge in [-0.15, -0.1) is 0 Å². The molecule has 1 amide bonds.